The Morgan fingerprint density at radius 1 is 0.792 bits per heavy atom. The molecule has 0 spiro atoms. The van der Waals surface area contributed by atoms with Crippen LogP contribution < -0.4 is 0 Å². The van der Waals surface area contributed by atoms with Gasteiger partial charge in [-0.2, -0.15) is 10.5 Å². The summed E-state index contributed by atoms with van der Waals surface area (Å²) >= 11 is 0. The zero-order chi connectivity index (χ0) is 16.8. The monoisotopic (exact) mass is 309 g/mol. The highest BCUT2D eigenvalue weighted by Gasteiger charge is 2.45. The third kappa shape index (κ3) is 2.53. The predicted molar refractivity (Wildman–Crippen MR) is 91.9 cm³/mol. The maximum absolute atomic E-state index is 10.2. The van der Waals surface area contributed by atoms with E-state index >= 15 is 0 Å². The van der Waals surface area contributed by atoms with Gasteiger partial charge in [0.05, 0.1) is 23.8 Å². The van der Waals surface area contributed by atoms with E-state index in [-0.39, 0.29) is 0 Å². The van der Waals surface area contributed by atoms with Gasteiger partial charge < -0.3 is 0 Å². The van der Waals surface area contributed by atoms with Crippen molar-refractivity contribution >= 4 is 0 Å². The summed E-state index contributed by atoms with van der Waals surface area (Å²) in [6.45, 7) is 0. The molecule has 0 aliphatic carbocycles. The van der Waals surface area contributed by atoms with Gasteiger partial charge in [-0.05, 0) is 23.3 Å². The number of hydrogen-bond acceptors (Lipinski definition) is 3. The van der Waals surface area contributed by atoms with Crippen molar-refractivity contribution in [1.82, 2.24) is 4.98 Å². The third-order valence-electron chi connectivity index (χ3n) is 4.17. The number of nitrogens with zero attached hydrogens (tertiary/aromatic N) is 3. The van der Waals surface area contributed by atoms with Gasteiger partial charge in [0, 0.05) is 6.20 Å². The van der Waals surface area contributed by atoms with Crippen molar-refractivity contribution in [2.45, 2.75) is 11.3 Å². The quantitative estimate of drug-likeness (QED) is 0.725. The lowest BCUT2D eigenvalue weighted by atomic mass is 9.67. The molecule has 3 heteroatoms. The van der Waals surface area contributed by atoms with Crippen LogP contribution in [0.1, 0.15) is 22.7 Å². The second kappa shape index (κ2) is 6.77. The van der Waals surface area contributed by atoms with Gasteiger partial charge in [0.2, 0.25) is 0 Å². The summed E-state index contributed by atoms with van der Waals surface area (Å²) in [6, 6.07) is 29.1. The van der Waals surface area contributed by atoms with Crippen LogP contribution in [0.2, 0.25) is 0 Å². The van der Waals surface area contributed by atoms with Gasteiger partial charge in [0.15, 0.2) is 0 Å². The molecule has 3 aromatic rings. The average Bonchev–Trinajstić information content (AvgIpc) is 2.68. The lowest BCUT2D eigenvalue weighted by Crippen LogP contribution is -2.34. The van der Waals surface area contributed by atoms with Crippen LogP contribution >= 0.6 is 0 Å². The van der Waals surface area contributed by atoms with Crippen LogP contribution in [0.15, 0.2) is 85.1 Å². The number of hydrogen-bond donors (Lipinski definition) is 0. The molecule has 1 aromatic heterocycles. The van der Waals surface area contributed by atoms with E-state index in [4.69, 9.17) is 0 Å². The minimum Gasteiger partial charge on any atom is -0.259 e. The molecular weight excluding hydrogens is 294 g/mol. The topological polar surface area (TPSA) is 60.5 Å². The molecule has 0 bridgehead atoms. The minimum absolute atomic E-state index is 0.578. The Hall–Kier alpha value is -3.43. The van der Waals surface area contributed by atoms with E-state index in [0.29, 0.717) is 5.69 Å². The predicted octanol–water partition coefficient (Wildman–Crippen LogP) is 4.20. The first-order valence-electron chi connectivity index (χ1n) is 7.66. The van der Waals surface area contributed by atoms with Crippen molar-refractivity contribution in [3.8, 4) is 12.1 Å². The second-order valence-electron chi connectivity index (χ2n) is 5.47. The van der Waals surface area contributed by atoms with Crippen molar-refractivity contribution in [3.05, 3.63) is 102 Å². The molecule has 0 amide bonds. The molecule has 0 fully saturated rings. The Kier molecular flexibility index (Phi) is 4.36. The number of benzene rings is 2. The fourth-order valence-electron chi connectivity index (χ4n) is 3.01. The zero-order valence-electron chi connectivity index (χ0n) is 13.0. The van der Waals surface area contributed by atoms with E-state index in [1.807, 2.05) is 72.8 Å². The molecule has 2 unspecified atom stereocenters. The van der Waals surface area contributed by atoms with Crippen molar-refractivity contribution in [1.29, 1.82) is 10.5 Å². The first-order valence-corrected chi connectivity index (χ1v) is 7.66. The second-order valence-corrected chi connectivity index (χ2v) is 5.47. The van der Waals surface area contributed by atoms with Crippen LogP contribution in [0.25, 0.3) is 0 Å². The van der Waals surface area contributed by atoms with E-state index < -0.39 is 11.3 Å². The first-order chi connectivity index (χ1) is 11.8. The molecule has 0 aliphatic rings. The van der Waals surface area contributed by atoms with Crippen molar-refractivity contribution < 1.29 is 0 Å². The highest BCUT2D eigenvalue weighted by molar-refractivity contribution is 5.51. The number of aromatic nitrogens is 1. The van der Waals surface area contributed by atoms with Gasteiger partial charge in [0.1, 0.15) is 5.41 Å². The molecule has 0 radical (unpaired) electrons. The van der Waals surface area contributed by atoms with E-state index in [9.17, 15) is 10.5 Å². The molecule has 1 heterocycles. The molecule has 0 aliphatic heterocycles. The summed E-state index contributed by atoms with van der Waals surface area (Å²) in [4.78, 5) is 4.42. The van der Waals surface area contributed by atoms with Crippen LogP contribution in [-0.4, -0.2) is 4.98 Å². The number of nitriles is 2. The molecule has 2 atom stereocenters. The largest absolute Gasteiger partial charge is 0.259 e. The Labute approximate surface area is 141 Å². The summed E-state index contributed by atoms with van der Waals surface area (Å²) in [5.74, 6) is -0.666. The Balaban J connectivity index is 2.31. The molecular formula is C21H15N3. The van der Waals surface area contributed by atoms with Crippen LogP contribution in [0, 0.1) is 22.7 Å². The Morgan fingerprint density at radius 3 is 1.96 bits per heavy atom. The summed E-state index contributed by atoms with van der Waals surface area (Å²) in [6.07, 6.45) is 1.66. The van der Waals surface area contributed by atoms with Crippen molar-refractivity contribution in [2.75, 3.05) is 0 Å². The molecule has 114 valence electrons. The molecule has 0 N–H and O–H groups in total. The van der Waals surface area contributed by atoms with Crippen molar-refractivity contribution in [3.63, 3.8) is 0 Å². The molecule has 0 saturated heterocycles. The fourth-order valence-corrected chi connectivity index (χ4v) is 3.01. The van der Waals surface area contributed by atoms with Crippen LogP contribution in [0.5, 0.6) is 0 Å². The molecule has 3 nitrogen and oxygen atoms in total. The van der Waals surface area contributed by atoms with E-state index in [1.165, 1.54) is 0 Å². The van der Waals surface area contributed by atoms with Gasteiger partial charge in [-0.3, -0.25) is 4.98 Å². The standard InChI is InChI=1S/C21H15N3/c22-15-19(17-9-3-1-4-10-17)21(16-23,18-11-5-2-6-12-18)20-13-7-8-14-24-20/h1-14,19H. The highest BCUT2D eigenvalue weighted by Crippen LogP contribution is 2.43. The molecule has 2 aromatic carbocycles. The lowest BCUT2D eigenvalue weighted by Gasteiger charge is -2.31. The van der Waals surface area contributed by atoms with Gasteiger partial charge in [-0.1, -0.05) is 66.7 Å². The SMILES string of the molecule is N#CC(c1ccccc1)C(C#N)(c1ccccc1)c1ccccn1. The van der Waals surface area contributed by atoms with E-state index in [0.717, 1.165) is 11.1 Å². The van der Waals surface area contributed by atoms with Gasteiger partial charge in [0.25, 0.3) is 0 Å². The average molecular weight is 309 g/mol. The maximum atomic E-state index is 10.2. The smallest absolute Gasteiger partial charge is 0.144 e. The van der Waals surface area contributed by atoms with Crippen LogP contribution in [0.3, 0.4) is 0 Å². The van der Waals surface area contributed by atoms with Crippen molar-refractivity contribution in [2.24, 2.45) is 0 Å². The first kappa shape index (κ1) is 15.5. The van der Waals surface area contributed by atoms with Gasteiger partial charge in [-0.25, -0.2) is 0 Å². The summed E-state index contributed by atoms with van der Waals surface area (Å²) in [5.41, 5.74) is 0.977. The maximum Gasteiger partial charge on any atom is 0.144 e. The van der Waals surface area contributed by atoms with Crippen LogP contribution in [0.4, 0.5) is 0 Å². The summed E-state index contributed by atoms with van der Waals surface area (Å²) in [5, 5.41) is 20.1. The molecule has 24 heavy (non-hydrogen) atoms. The number of rotatable bonds is 4. The van der Waals surface area contributed by atoms with Crippen LogP contribution in [-0.2, 0) is 5.41 Å². The third-order valence-corrected chi connectivity index (χ3v) is 4.17. The normalized spacial score (nSPS) is 13.9. The summed E-state index contributed by atoms with van der Waals surface area (Å²) in [7, 11) is 0. The Morgan fingerprint density at radius 2 is 1.42 bits per heavy atom. The zero-order valence-corrected chi connectivity index (χ0v) is 13.0. The van der Waals surface area contributed by atoms with E-state index in [1.54, 1.807) is 12.3 Å². The Bertz CT molecular complexity index is 836. The minimum atomic E-state index is -1.17. The molecule has 0 saturated carbocycles. The fraction of sp³-hybridized carbons (Fsp3) is 0.0952. The van der Waals surface area contributed by atoms with E-state index in [2.05, 4.69) is 17.1 Å². The van der Waals surface area contributed by atoms with Gasteiger partial charge >= 0.3 is 0 Å². The molecule has 3 rings (SSSR count). The highest BCUT2D eigenvalue weighted by atomic mass is 14.7. The lowest BCUT2D eigenvalue weighted by molar-refractivity contribution is 0.576. The summed E-state index contributed by atoms with van der Waals surface area (Å²) < 4.78 is 0. The van der Waals surface area contributed by atoms with Gasteiger partial charge in [-0.15, -0.1) is 0 Å². The number of pyridine rings is 1.